The summed E-state index contributed by atoms with van der Waals surface area (Å²) in [6.07, 6.45) is 6.30. The van der Waals surface area contributed by atoms with E-state index in [4.69, 9.17) is 0 Å². The number of aliphatic hydroxyl groups is 1. The fourth-order valence-electron chi connectivity index (χ4n) is 2.73. The average molecular weight is 226 g/mol. The van der Waals surface area contributed by atoms with Gasteiger partial charge in [-0.3, -0.25) is 4.90 Å². The van der Waals surface area contributed by atoms with Gasteiger partial charge in [0.2, 0.25) is 0 Å². The van der Waals surface area contributed by atoms with Gasteiger partial charge >= 0.3 is 0 Å². The van der Waals surface area contributed by atoms with Gasteiger partial charge in [-0.1, -0.05) is 6.42 Å². The molecule has 1 aliphatic carbocycles. The monoisotopic (exact) mass is 226 g/mol. The average Bonchev–Trinajstić information content (AvgIpc) is 3.04. The van der Waals surface area contributed by atoms with Gasteiger partial charge in [-0.2, -0.15) is 0 Å². The SMILES string of the molecule is CC1CCCC(C)N1CC(O)CNC1CC1. The number of hydrogen-bond donors (Lipinski definition) is 2. The third-order valence-corrected chi connectivity index (χ3v) is 4.02. The molecule has 0 aromatic heterocycles. The smallest absolute Gasteiger partial charge is 0.0791 e. The standard InChI is InChI=1S/C13H26N2O/c1-10-4-3-5-11(2)15(10)9-13(16)8-14-12-6-7-12/h10-14,16H,3-9H2,1-2H3. The summed E-state index contributed by atoms with van der Waals surface area (Å²) in [6, 6.07) is 1.98. The van der Waals surface area contributed by atoms with Gasteiger partial charge in [-0.05, 0) is 39.5 Å². The van der Waals surface area contributed by atoms with E-state index in [0.29, 0.717) is 18.1 Å². The fourth-order valence-corrected chi connectivity index (χ4v) is 2.73. The minimum atomic E-state index is -0.205. The molecule has 94 valence electrons. The second-order valence-electron chi connectivity index (χ2n) is 5.66. The highest BCUT2D eigenvalue weighted by molar-refractivity contribution is 4.85. The minimum absolute atomic E-state index is 0.205. The van der Waals surface area contributed by atoms with Crippen LogP contribution in [0.15, 0.2) is 0 Å². The van der Waals surface area contributed by atoms with E-state index >= 15 is 0 Å². The maximum absolute atomic E-state index is 10.0. The molecule has 1 aliphatic heterocycles. The number of nitrogens with one attached hydrogen (secondary N) is 1. The molecule has 0 spiro atoms. The van der Waals surface area contributed by atoms with Gasteiger partial charge in [-0.15, -0.1) is 0 Å². The van der Waals surface area contributed by atoms with Crippen molar-refractivity contribution in [3.05, 3.63) is 0 Å². The molecule has 1 saturated carbocycles. The molecule has 1 saturated heterocycles. The Labute approximate surface area is 99.2 Å². The van der Waals surface area contributed by atoms with Crippen molar-refractivity contribution in [3.8, 4) is 0 Å². The van der Waals surface area contributed by atoms with Crippen LogP contribution in [0.4, 0.5) is 0 Å². The summed E-state index contributed by atoms with van der Waals surface area (Å²) in [6.45, 7) is 6.18. The first-order valence-electron chi connectivity index (χ1n) is 6.84. The van der Waals surface area contributed by atoms with Crippen molar-refractivity contribution in [2.75, 3.05) is 13.1 Å². The number of β-amino-alcohol motifs (C(OH)–C–C–N with tert-alkyl or cyclic N) is 1. The highest BCUT2D eigenvalue weighted by Gasteiger charge is 2.27. The predicted molar refractivity (Wildman–Crippen MR) is 66.5 cm³/mol. The molecule has 3 atom stereocenters. The van der Waals surface area contributed by atoms with E-state index in [2.05, 4.69) is 24.1 Å². The quantitative estimate of drug-likeness (QED) is 0.743. The maximum Gasteiger partial charge on any atom is 0.0791 e. The molecule has 0 aromatic carbocycles. The van der Waals surface area contributed by atoms with Crippen LogP contribution in [0.25, 0.3) is 0 Å². The van der Waals surface area contributed by atoms with Gasteiger partial charge in [0.05, 0.1) is 6.10 Å². The first kappa shape index (κ1) is 12.3. The van der Waals surface area contributed by atoms with Gasteiger partial charge in [0.15, 0.2) is 0 Å². The van der Waals surface area contributed by atoms with E-state index < -0.39 is 0 Å². The van der Waals surface area contributed by atoms with Crippen molar-refractivity contribution in [2.24, 2.45) is 0 Å². The van der Waals surface area contributed by atoms with Crippen LogP contribution in [0.1, 0.15) is 46.0 Å². The van der Waals surface area contributed by atoms with Crippen LogP contribution in [0, 0.1) is 0 Å². The topological polar surface area (TPSA) is 35.5 Å². The van der Waals surface area contributed by atoms with Crippen LogP contribution < -0.4 is 5.32 Å². The fraction of sp³-hybridized carbons (Fsp3) is 1.00. The lowest BCUT2D eigenvalue weighted by molar-refractivity contribution is 0.0417. The second kappa shape index (κ2) is 5.48. The largest absolute Gasteiger partial charge is 0.390 e. The summed E-state index contributed by atoms with van der Waals surface area (Å²) in [5.74, 6) is 0. The van der Waals surface area contributed by atoms with Crippen molar-refractivity contribution >= 4 is 0 Å². The number of rotatable bonds is 5. The van der Waals surface area contributed by atoms with E-state index in [0.717, 1.165) is 13.1 Å². The maximum atomic E-state index is 10.0. The van der Waals surface area contributed by atoms with Crippen molar-refractivity contribution < 1.29 is 5.11 Å². The number of hydrogen-bond acceptors (Lipinski definition) is 3. The minimum Gasteiger partial charge on any atom is -0.390 e. The molecule has 0 aromatic rings. The number of likely N-dealkylation sites (tertiary alicyclic amines) is 1. The van der Waals surface area contributed by atoms with E-state index in [1.54, 1.807) is 0 Å². The molecule has 3 nitrogen and oxygen atoms in total. The van der Waals surface area contributed by atoms with Crippen LogP contribution in [0.2, 0.25) is 0 Å². The molecule has 2 N–H and O–H groups in total. The normalized spacial score (nSPS) is 33.9. The van der Waals surface area contributed by atoms with Gasteiger partial charge in [0.25, 0.3) is 0 Å². The summed E-state index contributed by atoms with van der Waals surface area (Å²) >= 11 is 0. The zero-order valence-electron chi connectivity index (χ0n) is 10.7. The van der Waals surface area contributed by atoms with Crippen LogP contribution in [-0.4, -0.2) is 47.3 Å². The lowest BCUT2D eigenvalue weighted by Gasteiger charge is -2.40. The first-order valence-corrected chi connectivity index (χ1v) is 6.84. The molecule has 3 heteroatoms. The molecule has 2 aliphatic rings. The Balaban J connectivity index is 1.72. The lowest BCUT2D eigenvalue weighted by atomic mass is 9.97. The Kier molecular flexibility index (Phi) is 4.22. The second-order valence-corrected chi connectivity index (χ2v) is 5.66. The van der Waals surface area contributed by atoms with Crippen molar-refractivity contribution in [1.82, 2.24) is 10.2 Å². The third-order valence-electron chi connectivity index (χ3n) is 4.02. The Morgan fingerprint density at radius 1 is 1.19 bits per heavy atom. The highest BCUT2D eigenvalue weighted by Crippen LogP contribution is 2.22. The van der Waals surface area contributed by atoms with Crippen LogP contribution in [0.3, 0.4) is 0 Å². The zero-order chi connectivity index (χ0) is 11.5. The van der Waals surface area contributed by atoms with Gasteiger partial charge < -0.3 is 10.4 Å². The van der Waals surface area contributed by atoms with Gasteiger partial charge in [0.1, 0.15) is 0 Å². The molecule has 1 heterocycles. The summed E-state index contributed by atoms with van der Waals surface area (Å²) in [4.78, 5) is 2.47. The van der Waals surface area contributed by atoms with E-state index in [1.165, 1.54) is 32.1 Å². The van der Waals surface area contributed by atoms with Crippen molar-refractivity contribution in [2.45, 2.75) is 70.2 Å². The molecule has 3 unspecified atom stereocenters. The number of piperidine rings is 1. The Morgan fingerprint density at radius 3 is 2.38 bits per heavy atom. The van der Waals surface area contributed by atoms with E-state index in [9.17, 15) is 5.11 Å². The highest BCUT2D eigenvalue weighted by atomic mass is 16.3. The summed E-state index contributed by atoms with van der Waals surface area (Å²) in [7, 11) is 0. The van der Waals surface area contributed by atoms with Crippen LogP contribution in [-0.2, 0) is 0 Å². The Hall–Kier alpha value is -0.120. The van der Waals surface area contributed by atoms with E-state index in [-0.39, 0.29) is 6.10 Å². The van der Waals surface area contributed by atoms with Gasteiger partial charge in [0, 0.05) is 31.2 Å². The molecule has 0 radical (unpaired) electrons. The van der Waals surface area contributed by atoms with Crippen molar-refractivity contribution in [1.29, 1.82) is 0 Å². The van der Waals surface area contributed by atoms with Gasteiger partial charge in [-0.25, -0.2) is 0 Å². The molecule has 0 amide bonds. The van der Waals surface area contributed by atoms with E-state index in [1.807, 2.05) is 0 Å². The molecule has 16 heavy (non-hydrogen) atoms. The lowest BCUT2D eigenvalue weighted by Crippen LogP contribution is -2.49. The number of aliphatic hydroxyl groups excluding tert-OH is 1. The summed E-state index contributed by atoms with van der Waals surface area (Å²) in [5.41, 5.74) is 0. The predicted octanol–water partition coefficient (Wildman–Crippen LogP) is 1.36. The first-order chi connectivity index (χ1) is 7.66. The third kappa shape index (κ3) is 3.44. The summed E-state index contributed by atoms with van der Waals surface area (Å²) in [5, 5.41) is 13.4. The summed E-state index contributed by atoms with van der Waals surface area (Å²) < 4.78 is 0. The molecule has 2 rings (SSSR count). The zero-order valence-corrected chi connectivity index (χ0v) is 10.7. The molecule has 0 bridgehead atoms. The molecular formula is C13H26N2O. The molecular weight excluding hydrogens is 200 g/mol. The van der Waals surface area contributed by atoms with Crippen molar-refractivity contribution in [3.63, 3.8) is 0 Å². The Bertz CT molecular complexity index is 208. The van der Waals surface area contributed by atoms with Crippen LogP contribution in [0.5, 0.6) is 0 Å². The van der Waals surface area contributed by atoms with Crippen LogP contribution >= 0.6 is 0 Å². The molecule has 2 fully saturated rings. The Morgan fingerprint density at radius 2 is 1.81 bits per heavy atom. The number of nitrogens with zero attached hydrogens (tertiary/aromatic N) is 1.